The summed E-state index contributed by atoms with van der Waals surface area (Å²) in [5.41, 5.74) is 5.20. The van der Waals surface area contributed by atoms with Gasteiger partial charge in [-0.15, -0.1) is 11.3 Å². The molecule has 2 aliphatic rings. The van der Waals surface area contributed by atoms with E-state index in [4.69, 9.17) is 5.10 Å². The van der Waals surface area contributed by atoms with Crippen molar-refractivity contribution in [3.63, 3.8) is 0 Å². The van der Waals surface area contributed by atoms with Gasteiger partial charge < -0.3 is 5.32 Å². The molecule has 0 spiro atoms. The topological polar surface area (TPSA) is 80.9 Å². The molecule has 0 saturated heterocycles. The highest BCUT2D eigenvalue weighted by molar-refractivity contribution is 7.09. The number of carbonyl (C=O) groups excluding carboxylic acids is 1. The van der Waals surface area contributed by atoms with Gasteiger partial charge in [0, 0.05) is 74.2 Å². The first-order valence-corrected chi connectivity index (χ1v) is 11.4. The Hall–Kier alpha value is -2.52. The van der Waals surface area contributed by atoms with E-state index in [1.807, 2.05) is 17.1 Å². The number of hydrogen-bond acceptors (Lipinski definition) is 6. The average molecular weight is 426 g/mol. The highest BCUT2D eigenvalue weighted by Gasteiger charge is 2.31. The monoisotopic (exact) mass is 425 g/mol. The lowest BCUT2D eigenvalue weighted by Gasteiger charge is -2.27. The zero-order valence-electron chi connectivity index (χ0n) is 17.5. The van der Waals surface area contributed by atoms with Gasteiger partial charge in [0.25, 0.3) is 5.91 Å². The summed E-state index contributed by atoms with van der Waals surface area (Å²) in [5.74, 6) is 0.617. The fourth-order valence-electron chi connectivity index (χ4n) is 4.18. The summed E-state index contributed by atoms with van der Waals surface area (Å²) in [6.45, 7) is 5.98. The SMILES string of the molecule is Cc1nn(C)cc1CN1CCc2c(c(C(=O)NCc3nccs3)nn2CC2CC2)C1. The van der Waals surface area contributed by atoms with Gasteiger partial charge in [0.05, 0.1) is 12.2 Å². The maximum atomic E-state index is 13.0. The minimum Gasteiger partial charge on any atom is -0.344 e. The number of aromatic nitrogens is 5. The number of rotatable bonds is 7. The Balaban J connectivity index is 1.36. The van der Waals surface area contributed by atoms with Crippen molar-refractivity contribution in [1.82, 2.24) is 34.8 Å². The number of carbonyl (C=O) groups is 1. The minimum atomic E-state index is -0.101. The van der Waals surface area contributed by atoms with E-state index in [1.165, 1.54) is 24.1 Å². The quantitative estimate of drug-likeness (QED) is 0.628. The molecule has 3 aromatic rings. The van der Waals surface area contributed by atoms with Crippen LogP contribution < -0.4 is 5.32 Å². The van der Waals surface area contributed by atoms with E-state index in [-0.39, 0.29) is 5.91 Å². The molecule has 8 nitrogen and oxygen atoms in total. The van der Waals surface area contributed by atoms with Crippen LogP contribution >= 0.6 is 11.3 Å². The molecule has 1 N–H and O–H groups in total. The van der Waals surface area contributed by atoms with Gasteiger partial charge in [0.15, 0.2) is 5.69 Å². The van der Waals surface area contributed by atoms with Crippen molar-refractivity contribution in [1.29, 1.82) is 0 Å². The standard InChI is InChI=1S/C21H27N7OS/c1-14-16(11-26(2)24-14)12-27-7-5-18-17(13-27)20(25-28(18)10-15-3-4-15)21(29)23-9-19-22-6-8-30-19/h6,8,11,15H,3-5,7,9-10,12-13H2,1-2H3,(H,23,29). The van der Waals surface area contributed by atoms with Crippen LogP contribution in [0.4, 0.5) is 0 Å². The first kappa shape index (κ1) is 19.4. The summed E-state index contributed by atoms with van der Waals surface area (Å²) in [6.07, 6.45) is 7.31. The van der Waals surface area contributed by atoms with Crippen molar-refractivity contribution in [2.45, 2.75) is 52.4 Å². The number of amides is 1. The molecule has 5 rings (SSSR count). The third kappa shape index (κ3) is 4.04. The van der Waals surface area contributed by atoms with E-state index in [9.17, 15) is 4.79 Å². The van der Waals surface area contributed by atoms with Crippen molar-refractivity contribution in [2.24, 2.45) is 13.0 Å². The second-order valence-electron chi connectivity index (χ2n) is 8.38. The van der Waals surface area contributed by atoms with Gasteiger partial charge in [0.2, 0.25) is 0 Å². The van der Waals surface area contributed by atoms with Crippen LogP contribution in [-0.2, 0) is 39.6 Å². The fourth-order valence-corrected chi connectivity index (χ4v) is 4.74. The summed E-state index contributed by atoms with van der Waals surface area (Å²) in [4.78, 5) is 19.7. The Morgan fingerprint density at radius 1 is 1.33 bits per heavy atom. The molecule has 158 valence electrons. The van der Waals surface area contributed by atoms with Crippen LogP contribution in [0.3, 0.4) is 0 Å². The van der Waals surface area contributed by atoms with Crippen LogP contribution in [0.15, 0.2) is 17.8 Å². The highest BCUT2D eigenvalue weighted by atomic mass is 32.1. The van der Waals surface area contributed by atoms with Crippen molar-refractivity contribution in [3.8, 4) is 0 Å². The normalized spacial score (nSPS) is 16.6. The molecule has 0 unspecified atom stereocenters. The van der Waals surface area contributed by atoms with Gasteiger partial charge in [-0.25, -0.2) is 4.98 Å². The number of nitrogens with one attached hydrogen (secondary N) is 1. The Kier molecular flexibility index (Phi) is 5.16. The molecule has 1 saturated carbocycles. The molecule has 0 atom stereocenters. The summed E-state index contributed by atoms with van der Waals surface area (Å²) in [6, 6.07) is 0. The molecular weight excluding hydrogens is 398 g/mol. The summed E-state index contributed by atoms with van der Waals surface area (Å²) in [7, 11) is 1.96. The zero-order valence-corrected chi connectivity index (χ0v) is 18.3. The van der Waals surface area contributed by atoms with Crippen molar-refractivity contribution >= 4 is 17.2 Å². The summed E-state index contributed by atoms with van der Waals surface area (Å²) in [5, 5.41) is 15.1. The number of hydrogen-bond donors (Lipinski definition) is 1. The van der Waals surface area contributed by atoms with Crippen LogP contribution in [0, 0.1) is 12.8 Å². The lowest BCUT2D eigenvalue weighted by atomic mass is 10.0. The van der Waals surface area contributed by atoms with E-state index in [0.717, 1.165) is 54.8 Å². The predicted octanol–water partition coefficient (Wildman–Crippen LogP) is 2.28. The largest absolute Gasteiger partial charge is 0.344 e. The van der Waals surface area contributed by atoms with Gasteiger partial charge >= 0.3 is 0 Å². The molecular formula is C21H27N7OS. The maximum Gasteiger partial charge on any atom is 0.272 e. The molecule has 3 aromatic heterocycles. The number of aryl methyl sites for hydroxylation is 2. The van der Waals surface area contributed by atoms with Gasteiger partial charge in [0.1, 0.15) is 5.01 Å². The van der Waals surface area contributed by atoms with E-state index in [1.54, 1.807) is 17.5 Å². The van der Waals surface area contributed by atoms with Gasteiger partial charge in [-0.05, 0) is 25.7 Å². The summed E-state index contributed by atoms with van der Waals surface area (Å²) < 4.78 is 3.98. The first-order chi connectivity index (χ1) is 14.6. The van der Waals surface area contributed by atoms with E-state index in [2.05, 4.69) is 38.1 Å². The van der Waals surface area contributed by atoms with Gasteiger partial charge in [-0.1, -0.05) is 0 Å². The number of thiazole rings is 1. The van der Waals surface area contributed by atoms with Crippen LogP contribution in [0.25, 0.3) is 0 Å². The molecule has 4 heterocycles. The van der Waals surface area contributed by atoms with Gasteiger partial charge in [-0.2, -0.15) is 10.2 Å². The Labute approximate surface area is 179 Å². The minimum absolute atomic E-state index is 0.101. The molecule has 1 amide bonds. The molecule has 0 bridgehead atoms. The second kappa shape index (κ2) is 7.96. The highest BCUT2D eigenvalue weighted by Crippen LogP contribution is 2.33. The van der Waals surface area contributed by atoms with Crippen LogP contribution in [-0.4, -0.2) is 41.9 Å². The van der Waals surface area contributed by atoms with E-state index >= 15 is 0 Å². The second-order valence-corrected chi connectivity index (χ2v) is 9.36. The Bertz CT molecular complexity index is 1050. The Morgan fingerprint density at radius 2 is 2.20 bits per heavy atom. The third-order valence-electron chi connectivity index (χ3n) is 5.95. The first-order valence-electron chi connectivity index (χ1n) is 10.5. The van der Waals surface area contributed by atoms with E-state index < -0.39 is 0 Å². The molecule has 30 heavy (non-hydrogen) atoms. The molecule has 0 aromatic carbocycles. The maximum absolute atomic E-state index is 13.0. The van der Waals surface area contributed by atoms with Crippen molar-refractivity contribution in [3.05, 3.63) is 51.0 Å². The molecule has 1 aliphatic heterocycles. The number of nitrogens with zero attached hydrogens (tertiary/aromatic N) is 6. The van der Waals surface area contributed by atoms with Crippen molar-refractivity contribution < 1.29 is 4.79 Å². The molecule has 1 fully saturated rings. The Morgan fingerprint density at radius 3 is 2.90 bits per heavy atom. The average Bonchev–Trinajstić information content (AvgIpc) is 3.10. The predicted molar refractivity (Wildman–Crippen MR) is 114 cm³/mol. The lowest BCUT2D eigenvalue weighted by Crippen LogP contribution is -2.32. The van der Waals surface area contributed by atoms with E-state index in [0.29, 0.717) is 12.2 Å². The fraction of sp³-hybridized carbons (Fsp3) is 0.524. The van der Waals surface area contributed by atoms with Crippen LogP contribution in [0.1, 0.15) is 50.9 Å². The van der Waals surface area contributed by atoms with Gasteiger partial charge in [-0.3, -0.25) is 19.1 Å². The van der Waals surface area contributed by atoms with Crippen LogP contribution in [0.5, 0.6) is 0 Å². The smallest absolute Gasteiger partial charge is 0.272 e. The molecule has 9 heteroatoms. The lowest BCUT2D eigenvalue weighted by molar-refractivity contribution is 0.0942. The zero-order chi connectivity index (χ0) is 20.7. The molecule has 1 aliphatic carbocycles. The number of fused-ring (bicyclic) bond motifs is 1. The molecule has 0 radical (unpaired) electrons. The summed E-state index contributed by atoms with van der Waals surface area (Å²) >= 11 is 1.55. The van der Waals surface area contributed by atoms with Crippen molar-refractivity contribution in [2.75, 3.05) is 6.54 Å². The van der Waals surface area contributed by atoms with Crippen LogP contribution in [0.2, 0.25) is 0 Å². The third-order valence-corrected chi connectivity index (χ3v) is 6.73.